The lowest BCUT2D eigenvalue weighted by Gasteiger charge is -2.43. The molecule has 1 aliphatic carbocycles. The summed E-state index contributed by atoms with van der Waals surface area (Å²) in [5.74, 6) is -1.05. The average Bonchev–Trinajstić information content (AvgIpc) is 3.11. The van der Waals surface area contributed by atoms with Crippen LogP contribution in [0, 0.1) is 0 Å². The first-order chi connectivity index (χ1) is 15.3. The Labute approximate surface area is 184 Å². The molecule has 2 aromatic rings. The second-order valence-electron chi connectivity index (χ2n) is 7.91. The summed E-state index contributed by atoms with van der Waals surface area (Å²) in [6.45, 7) is 0.344. The van der Waals surface area contributed by atoms with Gasteiger partial charge in [0, 0.05) is 12.8 Å². The number of fused-ring (bicyclic) bond motifs is 3. The molecule has 0 bridgehead atoms. The molecular weight excluding hydrogens is 418 g/mol. The highest BCUT2D eigenvalue weighted by atomic mass is 16.6. The molecule has 1 aliphatic heterocycles. The van der Waals surface area contributed by atoms with Gasteiger partial charge in [-0.15, -0.1) is 0 Å². The van der Waals surface area contributed by atoms with Crippen LogP contribution in [-0.2, 0) is 14.3 Å². The van der Waals surface area contributed by atoms with Crippen LogP contribution in [-0.4, -0.2) is 81.2 Å². The Kier molecular flexibility index (Phi) is 6.27. The summed E-state index contributed by atoms with van der Waals surface area (Å²) in [7, 11) is 0. The van der Waals surface area contributed by atoms with E-state index in [1.54, 1.807) is 0 Å². The molecule has 2 aliphatic rings. The van der Waals surface area contributed by atoms with E-state index < -0.39 is 49.3 Å². The first-order valence-electron chi connectivity index (χ1n) is 10.3. The Morgan fingerprint density at radius 2 is 1.53 bits per heavy atom. The highest BCUT2D eigenvalue weighted by Crippen LogP contribution is 2.44. The lowest BCUT2D eigenvalue weighted by atomic mass is 9.96. The van der Waals surface area contributed by atoms with Crippen LogP contribution in [0.5, 0.6) is 0 Å². The maximum absolute atomic E-state index is 12.9. The minimum absolute atomic E-state index is 0.0712. The summed E-state index contributed by atoms with van der Waals surface area (Å²) in [6.07, 6.45) is -7.50. The van der Waals surface area contributed by atoms with E-state index in [0.29, 0.717) is 4.90 Å². The fraction of sp³-hybridized carbons (Fsp3) is 0.391. The highest BCUT2D eigenvalue weighted by molar-refractivity contribution is 5.91. The third-order valence-corrected chi connectivity index (χ3v) is 6.04. The van der Waals surface area contributed by atoms with Crippen molar-refractivity contribution in [2.45, 2.75) is 43.5 Å². The summed E-state index contributed by atoms with van der Waals surface area (Å²) in [5, 5.41) is 40.0. The molecule has 5 atom stereocenters. The van der Waals surface area contributed by atoms with Crippen molar-refractivity contribution in [3.8, 4) is 11.1 Å². The van der Waals surface area contributed by atoms with Gasteiger partial charge in [-0.3, -0.25) is 4.79 Å². The van der Waals surface area contributed by atoms with Gasteiger partial charge in [-0.1, -0.05) is 48.5 Å². The van der Waals surface area contributed by atoms with Crippen molar-refractivity contribution in [1.82, 2.24) is 4.90 Å². The fourth-order valence-electron chi connectivity index (χ4n) is 4.49. The molecule has 1 fully saturated rings. The number of nitrogens with zero attached hydrogens (tertiary/aromatic N) is 1. The van der Waals surface area contributed by atoms with Crippen LogP contribution in [0.15, 0.2) is 48.5 Å². The fourth-order valence-corrected chi connectivity index (χ4v) is 4.49. The number of hydrogen-bond donors (Lipinski definition) is 4. The average molecular weight is 443 g/mol. The molecule has 32 heavy (non-hydrogen) atoms. The zero-order chi connectivity index (χ0) is 23.0. The Morgan fingerprint density at radius 1 is 0.969 bits per heavy atom. The van der Waals surface area contributed by atoms with Crippen LogP contribution >= 0.6 is 0 Å². The lowest BCUT2D eigenvalue weighted by molar-refractivity contribution is -0.267. The predicted octanol–water partition coefficient (Wildman–Crippen LogP) is 0.584. The molecule has 170 valence electrons. The van der Waals surface area contributed by atoms with Crippen LogP contribution in [0.1, 0.15) is 24.0 Å². The minimum atomic E-state index is -1.81. The SMILES string of the molecule is CC(=O)N(C(=O)OCC1c2ccccc2-c2ccccc21)[C@@H]1[C@@H](O)[C@H](O)[C@@H](CO)O[C@H]1O. The zero-order valence-electron chi connectivity index (χ0n) is 17.4. The zero-order valence-corrected chi connectivity index (χ0v) is 17.4. The number of carbonyl (C=O) groups is 2. The largest absolute Gasteiger partial charge is 0.448 e. The number of benzene rings is 2. The molecule has 0 radical (unpaired) electrons. The van der Waals surface area contributed by atoms with Gasteiger partial charge in [0.2, 0.25) is 5.91 Å². The quantitative estimate of drug-likeness (QED) is 0.539. The molecule has 1 saturated heterocycles. The normalized spacial score (nSPS) is 26.8. The monoisotopic (exact) mass is 443 g/mol. The van der Waals surface area contributed by atoms with Crippen molar-refractivity contribution in [3.05, 3.63) is 59.7 Å². The molecule has 0 spiro atoms. The maximum Gasteiger partial charge on any atom is 0.417 e. The summed E-state index contributed by atoms with van der Waals surface area (Å²) in [4.78, 5) is 25.7. The molecule has 2 aromatic carbocycles. The summed E-state index contributed by atoms with van der Waals surface area (Å²) < 4.78 is 10.5. The number of ether oxygens (including phenoxy) is 2. The van der Waals surface area contributed by atoms with Gasteiger partial charge in [-0.2, -0.15) is 0 Å². The molecule has 4 N–H and O–H groups in total. The predicted molar refractivity (Wildman–Crippen MR) is 111 cm³/mol. The number of hydrogen-bond acceptors (Lipinski definition) is 8. The second-order valence-corrected chi connectivity index (χ2v) is 7.91. The smallest absolute Gasteiger partial charge is 0.417 e. The van der Waals surface area contributed by atoms with E-state index in [2.05, 4.69) is 0 Å². The molecule has 9 heteroatoms. The number of carbonyl (C=O) groups excluding carboxylic acids is 2. The van der Waals surface area contributed by atoms with Crippen molar-refractivity contribution in [2.75, 3.05) is 13.2 Å². The first kappa shape index (κ1) is 22.4. The standard InChI is InChI=1S/C23H25NO8/c1-12(26)24(19-21(28)20(27)18(10-25)32-22(19)29)23(30)31-11-17-15-8-4-2-6-13(15)14-7-3-5-9-16(14)17/h2-9,17-22,25,27-29H,10-11H2,1H3/t18-,19-,20-,21-,22-/m1/s1. The van der Waals surface area contributed by atoms with Crippen molar-refractivity contribution >= 4 is 12.0 Å². The van der Waals surface area contributed by atoms with Gasteiger partial charge in [0.25, 0.3) is 0 Å². The third-order valence-electron chi connectivity index (χ3n) is 6.04. The molecular formula is C23H25NO8. The Morgan fingerprint density at radius 3 is 2.06 bits per heavy atom. The van der Waals surface area contributed by atoms with Crippen molar-refractivity contribution in [1.29, 1.82) is 0 Å². The highest BCUT2D eigenvalue weighted by Gasteiger charge is 2.49. The summed E-state index contributed by atoms with van der Waals surface area (Å²) >= 11 is 0. The Hall–Kier alpha value is -2.82. The van der Waals surface area contributed by atoms with Crippen molar-refractivity contribution < 1.29 is 39.5 Å². The summed E-state index contributed by atoms with van der Waals surface area (Å²) in [6, 6.07) is 13.9. The van der Waals surface area contributed by atoms with Gasteiger partial charge in [-0.25, -0.2) is 9.69 Å². The van der Waals surface area contributed by atoms with E-state index >= 15 is 0 Å². The number of aliphatic hydroxyl groups excluding tert-OH is 4. The molecule has 0 unspecified atom stereocenters. The maximum atomic E-state index is 12.9. The topological polar surface area (TPSA) is 137 Å². The first-order valence-corrected chi connectivity index (χ1v) is 10.3. The van der Waals surface area contributed by atoms with Crippen LogP contribution in [0.2, 0.25) is 0 Å². The Bertz CT molecular complexity index is 965. The molecule has 4 rings (SSSR count). The van der Waals surface area contributed by atoms with Crippen LogP contribution < -0.4 is 0 Å². The molecule has 0 aromatic heterocycles. The van der Waals surface area contributed by atoms with E-state index in [1.807, 2.05) is 48.5 Å². The van der Waals surface area contributed by atoms with Crippen molar-refractivity contribution in [3.63, 3.8) is 0 Å². The van der Waals surface area contributed by atoms with Crippen LogP contribution in [0.3, 0.4) is 0 Å². The van der Waals surface area contributed by atoms with Gasteiger partial charge in [0.1, 0.15) is 31.0 Å². The second kappa shape index (κ2) is 8.97. The van der Waals surface area contributed by atoms with Crippen LogP contribution in [0.25, 0.3) is 11.1 Å². The van der Waals surface area contributed by atoms with E-state index in [-0.39, 0.29) is 12.5 Å². The summed E-state index contributed by atoms with van der Waals surface area (Å²) in [5.41, 5.74) is 4.05. The lowest BCUT2D eigenvalue weighted by Crippen LogP contribution is -2.66. The Balaban J connectivity index is 1.54. The van der Waals surface area contributed by atoms with Crippen molar-refractivity contribution in [2.24, 2.45) is 0 Å². The number of rotatable bonds is 4. The van der Waals surface area contributed by atoms with Gasteiger partial charge in [0.05, 0.1) is 6.61 Å². The minimum Gasteiger partial charge on any atom is -0.448 e. The number of amides is 2. The van der Waals surface area contributed by atoms with E-state index in [0.717, 1.165) is 29.2 Å². The molecule has 2 amide bonds. The van der Waals surface area contributed by atoms with Gasteiger partial charge >= 0.3 is 6.09 Å². The molecule has 9 nitrogen and oxygen atoms in total. The van der Waals surface area contributed by atoms with E-state index in [1.165, 1.54) is 0 Å². The van der Waals surface area contributed by atoms with Crippen LogP contribution in [0.4, 0.5) is 4.79 Å². The van der Waals surface area contributed by atoms with Gasteiger partial charge < -0.3 is 29.9 Å². The molecule has 1 heterocycles. The molecule has 0 saturated carbocycles. The van der Waals surface area contributed by atoms with Gasteiger partial charge in [-0.05, 0) is 22.3 Å². The number of imide groups is 1. The van der Waals surface area contributed by atoms with E-state index in [9.17, 15) is 30.0 Å². The number of aliphatic hydroxyl groups is 4. The van der Waals surface area contributed by atoms with E-state index in [4.69, 9.17) is 9.47 Å². The van der Waals surface area contributed by atoms with Gasteiger partial charge in [0.15, 0.2) is 6.29 Å². The third kappa shape index (κ3) is 3.78.